The molecule has 0 bridgehead atoms. The van der Waals surface area contributed by atoms with E-state index in [-0.39, 0.29) is 11.4 Å². The van der Waals surface area contributed by atoms with E-state index >= 15 is 0 Å². The van der Waals surface area contributed by atoms with E-state index in [0.717, 1.165) is 25.7 Å². The minimum absolute atomic E-state index is 0.115. The summed E-state index contributed by atoms with van der Waals surface area (Å²) in [6, 6.07) is 0.308. The Labute approximate surface area is 96.9 Å². The molecule has 0 spiro atoms. The summed E-state index contributed by atoms with van der Waals surface area (Å²) in [5.74, 6) is 0.115. The van der Waals surface area contributed by atoms with Gasteiger partial charge in [0, 0.05) is 25.1 Å². The van der Waals surface area contributed by atoms with E-state index in [1.54, 1.807) is 7.11 Å². The highest BCUT2D eigenvalue weighted by Crippen LogP contribution is 2.30. The molecule has 4 nitrogen and oxygen atoms in total. The van der Waals surface area contributed by atoms with Crippen molar-refractivity contribution in [3.63, 3.8) is 0 Å². The molecule has 0 aromatic carbocycles. The molecular formula is C12H22N2O2. The molecule has 2 saturated carbocycles. The SMILES string of the molecule is COC1CC(NC(=O)CC2(N)CCCC2)C1. The lowest BCUT2D eigenvalue weighted by molar-refractivity contribution is -0.124. The van der Waals surface area contributed by atoms with Crippen molar-refractivity contribution in [3.8, 4) is 0 Å². The molecule has 0 aromatic rings. The van der Waals surface area contributed by atoms with Crippen molar-refractivity contribution in [2.45, 2.75) is 62.6 Å². The molecule has 0 radical (unpaired) electrons. The quantitative estimate of drug-likeness (QED) is 0.750. The van der Waals surface area contributed by atoms with Crippen LogP contribution in [0.3, 0.4) is 0 Å². The second kappa shape index (κ2) is 4.72. The predicted octanol–water partition coefficient (Wildman–Crippen LogP) is 0.942. The highest BCUT2D eigenvalue weighted by molar-refractivity contribution is 5.77. The first-order valence-electron chi connectivity index (χ1n) is 6.22. The Hall–Kier alpha value is -0.610. The molecule has 0 heterocycles. The van der Waals surface area contributed by atoms with E-state index in [1.165, 1.54) is 12.8 Å². The van der Waals surface area contributed by atoms with Crippen molar-refractivity contribution in [1.29, 1.82) is 0 Å². The molecular weight excluding hydrogens is 204 g/mol. The molecule has 16 heavy (non-hydrogen) atoms. The van der Waals surface area contributed by atoms with Crippen LogP contribution in [-0.2, 0) is 9.53 Å². The van der Waals surface area contributed by atoms with Gasteiger partial charge in [0.2, 0.25) is 5.91 Å². The smallest absolute Gasteiger partial charge is 0.222 e. The summed E-state index contributed by atoms with van der Waals surface area (Å²) in [6.07, 6.45) is 7.03. The largest absolute Gasteiger partial charge is 0.381 e. The fourth-order valence-electron chi connectivity index (χ4n) is 2.73. The Kier molecular flexibility index (Phi) is 3.50. The van der Waals surface area contributed by atoms with Crippen molar-refractivity contribution in [2.24, 2.45) is 5.73 Å². The third-order valence-corrected chi connectivity index (χ3v) is 3.91. The lowest BCUT2D eigenvalue weighted by Crippen LogP contribution is -2.50. The van der Waals surface area contributed by atoms with Crippen LogP contribution in [0.5, 0.6) is 0 Å². The molecule has 0 saturated heterocycles. The second-order valence-electron chi connectivity index (χ2n) is 5.34. The van der Waals surface area contributed by atoms with Crippen molar-refractivity contribution in [1.82, 2.24) is 5.32 Å². The molecule has 4 heteroatoms. The van der Waals surface area contributed by atoms with Crippen LogP contribution >= 0.6 is 0 Å². The van der Waals surface area contributed by atoms with Gasteiger partial charge in [-0.3, -0.25) is 4.79 Å². The van der Waals surface area contributed by atoms with Gasteiger partial charge < -0.3 is 15.8 Å². The zero-order valence-electron chi connectivity index (χ0n) is 10.00. The number of rotatable bonds is 4. The minimum atomic E-state index is -0.228. The minimum Gasteiger partial charge on any atom is -0.381 e. The lowest BCUT2D eigenvalue weighted by Gasteiger charge is -2.35. The van der Waals surface area contributed by atoms with Gasteiger partial charge >= 0.3 is 0 Å². The molecule has 0 atom stereocenters. The zero-order chi connectivity index (χ0) is 11.6. The first kappa shape index (κ1) is 11.9. The first-order valence-corrected chi connectivity index (χ1v) is 6.22. The van der Waals surface area contributed by atoms with Gasteiger partial charge in [0.15, 0.2) is 0 Å². The van der Waals surface area contributed by atoms with Crippen LogP contribution in [0.1, 0.15) is 44.9 Å². The summed E-state index contributed by atoms with van der Waals surface area (Å²) in [5, 5.41) is 3.03. The Morgan fingerprint density at radius 1 is 1.44 bits per heavy atom. The molecule has 0 unspecified atom stereocenters. The van der Waals surface area contributed by atoms with Crippen molar-refractivity contribution in [2.75, 3.05) is 7.11 Å². The lowest BCUT2D eigenvalue weighted by atomic mass is 9.88. The number of carbonyl (C=O) groups excluding carboxylic acids is 1. The van der Waals surface area contributed by atoms with E-state index in [1.807, 2.05) is 0 Å². The van der Waals surface area contributed by atoms with Crippen molar-refractivity contribution in [3.05, 3.63) is 0 Å². The van der Waals surface area contributed by atoms with E-state index < -0.39 is 0 Å². The van der Waals surface area contributed by atoms with E-state index in [2.05, 4.69) is 5.32 Å². The van der Waals surface area contributed by atoms with Crippen molar-refractivity contribution >= 4 is 5.91 Å². The third kappa shape index (κ3) is 2.74. The van der Waals surface area contributed by atoms with Gasteiger partial charge in [-0.15, -0.1) is 0 Å². The molecule has 92 valence electrons. The molecule has 2 rings (SSSR count). The molecule has 3 N–H and O–H groups in total. The average Bonchev–Trinajstić information content (AvgIpc) is 2.57. The van der Waals surface area contributed by atoms with Crippen LogP contribution in [0.4, 0.5) is 0 Å². The number of hydrogen-bond acceptors (Lipinski definition) is 3. The van der Waals surface area contributed by atoms with Crippen LogP contribution in [0.2, 0.25) is 0 Å². The Morgan fingerprint density at radius 3 is 2.62 bits per heavy atom. The molecule has 1 amide bonds. The number of hydrogen-bond donors (Lipinski definition) is 2. The van der Waals surface area contributed by atoms with Gasteiger partial charge in [-0.05, 0) is 25.7 Å². The standard InChI is InChI=1S/C12H22N2O2/c1-16-10-6-9(7-10)14-11(15)8-12(13)4-2-3-5-12/h9-10H,2-8,13H2,1H3,(H,14,15). The first-order chi connectivity index (χ1) is 7.61. The number of amides is 1. The average molecular weight is 226 g/mol. The van der Waals surface area contributed by atoms with Crippen LogP contribution < -0.4 is 11.1 Å². The van der Waals surface area contributed by atoms with Gasteiger partial charge in [0.25, 0.3) is 0 Å². The maximum atomic E-state index is 11.8. The summed E-state index contributed by atoms with van der Waals surface area (Å²) >= 11 is 0. The Bertz CT molecular complexity index is 256. The maximum absolute atomic E-state index is 11.8. The van der Waals surface area contributed by atoms with Crippen LogP contribution in [0.15, 0.2) is 0 Å². The maximum Gasteiger partial charge on any atom is 0.222 e. The summed E-state index contributed by atoms with van der Waals surface area (Å²) in [7, 11) is 1.72. The Morgan fingerprint density at radius 2 is 2.06 bits per heavy atom. The monoisotopic (exact) mass is 226 g/mol. The molecule has 0 aliphatic heterocycles. The summed E-state index contributed by atoms with van der Waals surface area (Å²) in [4.78, 5) is 11.8. The van der Waals surface area contributed by atoms with E-state index in [0.29, 0.717) is 18.6 Å². The molecule has 2 fully saturated rings. The van der Waals surface area contributed by atoms with Gasteiger partial charge in [-0.1, -0.05) is 12.8 Å². The fourth-order valence-corrected chi connectivity index (χ4v) is 2.73. The van der Waals surface area contributed by atoms with Gasteiger partial charge in [-0.25, -0.2) is 0 Å². The second-order valence-corrected chi connectivity index (χ2v) is 5.34. The van der Waals surface area contributed by atoms with Gasteiger partial charge in [0.05, 0.1) is 6.10 Å². The normalized spacial score (nSPS) is 32.1. The predicted molar refractivity (Wildman–Crippen MR) is 62.0 cm³/mol. The van der Waals surface area contributed by atoms with Gasteiger partial charge in [0.1, 0.15) is 0 Å². The fraction of sp³-hybridized carbons (Fsp3) is 0.917. The molecule has 0 aromatic heterocycles. The summed E-state index contributed by atoms with van der Waals surface area (Å²) in [5.41, 5.74) is 5.94. The summed E-state index contributed by atoms with van der Waals surface area (Å²) < 4.78 is 5.18. The van der Waals surface area contributed by atoms with E-state index in [9.17, 15) is 4.79 Å². The number of nitrogens with one attached hydrogen (secondary N) is 1. The number of carbonyl (C=O) groups is 1. The summed E-state index contributed by atoms with van der Waals surface area (Å²) in [6.45, 7) is 0. The Balaban J connectivity index is 1.69. The number of nitrogens with two attached hydrogens (primary N) is 1. The van der Waals surface area contributed by atoms with E-state index in [4.69, 9.17) is 10.5 Å². The number of methoxy groups -OCH3 is 1. The van der Waals surface area contributed by atoms with Crippen LogP contribution in [-0.4, -0.2) is 30.7 Å². The van der Waals surface area contributed by atoms with Crippen LogP contribution in [0, 0.1) is 0 Å². The highest BCUT2D eigenvalue weighted by Gasteiger charge is 2.34. The highest BCUT2D eigenvalue weighted by atomic mass is 16.5. The third-order valence-electron chi connectivity index (χ3n) is 3.91. The molecule has 2 aliphatic carbocycles. The zero-order valence-corrected chi connectivity index (χ0v) is 10.00. The topological polar surface area (TPSA) is 64.3 Å². The van der Waals surface area contributed by atoms with Crippen LogP contribution in [0.25, 0.3) is 0 Å². The number of ether oxygens (including phenoxy) is 1. The molecule has 2 aliphatic rings. The van der Waals surface area contributed by atoms with Crippen molar-refractivity contribution < 1.29 is 9.53 Å². The van der Waals surface area contributed by atoms with Gasteiger partial charge in [-0.2, -0.15) is 0 Å².